The fourth-order valence-electron chi connectivity index (χ4n) is 4.07. The van der Waals surface area contributed by atoms with Gasteiger partial charge in [-0.3, -0.25) is 4.99 Å². The molecule has 150 valence electrons. The second-order valence-corrected chi connectivity index (χ2v) is 8.47. The second-order valence-electron chi connectivity index (χ2n) is 7.52. The van der Waals surface area contributed by atoms with Gasteiger partial charge in [-0.1, -0.05) is 24.3 Å². The van der Waals surface area contributed by atoms with Gasteiger partial charge >= 0.3 is 0 Å². The normalized spacial score (nSPS) is 21.2. The molecule has 6 rings (SSSR count). The summed E-state index contributed by atoms with van der Waals surface area (Å²) in [5.74, 6) is 7.60. The predicted octanol–water partition coefficient (Wildman–Crippen LogP) is 4.72. The number of nitrogens with zero attached hydrogens (tertiary/aromatic N) is 4. The number of aromatic nitrogens is 1. The predicted molar refractivity (Wildman–Crippen MR) is 127 cm³/mol. The quantitative estimate of drug-likeness (QED) is 0.471. The maximum Gasteiger partial charge on any atom is 0.265 e. The van der Waals surface area contributed by atoms with Crippen molar-refractivity contribution in [2.75, 3.05) is 12.4 Å². The Kier molecular flexibility index (Phi) is 3.91. The first kappa shape index (κ1) is 18.1. The lowest BCUT2D eigenvalue weighted by molar-refractivity contribution is -0.750. The number of nitrogens with one attached hydrogen (secondary N) is 1. The van der Waals surface area contributed by atoms with E-state index in [-0.39, 0.29) is 4.59 Å². The summed E-state index contributed by atoms with van der Waals surface area (Å²) in [6.45, 7) is 0. The number of anilines is 1. The zero-order valence-corrected chi connectivity index (χ0v) is 17.6. The van der Waals surface area contributed by atoms with E-state index >= 15 is 0 Å². The number of hydrogen-bond acceptors (Lipinski definition) is 6. The minimum absolute atomic E-state index is 0.000972. The Morgan fingerprint density at radius 3 is 2.81 bits per heavy atom. The van der Waals surface area contributed by atoms with Crippen LogP contribution >= 0.6 is 11.3 Å². The van der Waals surface area contributed by atoms with E-state index in [1.165, 1.54) is 0 Å². The van der Waals surface area contributed by atoms with Crippen molar-refractivity contribution >= 4 is 40.0 Å². The summed E-state index contributed by atoms with van der Waals surface area (Å²) in [6, 6.07) is 12.4. The van der Waals surface area contributed by atoms with Crippen molar-refractivity contribution in [3.8, 4) is 10.6 Å². The Balaban J connectivity index is 1.52. The number of benzene rings is 1. The topological polar surface area (TPSA) is 75.7 Å². The zero-order chi connectivity index (χ0) is 21.0. The summed E-state index contributed by atoms with van der Waals surface area (Å²) < 4.78 is -0.000972. The van der Waals surface area contributed by atoms with E-state index in [1.54, 1.807) is 23.8 Å². The molecular formula is C24H19N6S+. The van der Waals surface area contributed by atoms with Crippen LogP contribution in [0.15, 0.2) is 99.4 Å². The van der Waals surface area contributed by atoms with Gasteiger partial charge in [0, 0.05) is 23.7 Å². The molecule has 0 bridgehead atoms. The van der Waals surface area contributed by atoms with Crippen molar-refractivity contribution in [1.29, 1.82) is 0 Å². The van der Waals surface area contributed by atoms with Gasteiger partial charge in [0.25, 0.3) is 5.84 Å². The first-order valence-electron chi connectivity index (χ1n) is 9.95. The smallest absolute Gasteiger partial charge is 0.265 e. The zero-order valence-electron chi connectivity index (χ0n) is 16.8. The molecule has 2 aliphatic heterocycles. The molecule has 4 heterocycles. The average molecular weight is 424 g/mol. The summed E-state index contributed by atoms with van der Waals surface area (Å²) >= 11 is 1.68. The van der Waals surface area contributed by atoms with Gasteiger partial charge in [-0.15, -0.1) is 15.9 Å². The van der Waals surface area contributed by atoms with Crippen LogP contribution in [0.5, 0.6) is 0 Å². The van der Waals surface area contributed by atoms with Gasteiger partial charge in [-0.2, -0.15) is 10.8 Å². The molecule has 3 aliphatic rings. The average Bonchev–Trinajstić information content (AvgIpc) is 3.38. The monoisotopic (exact) mass is 423 g/mol. The van der Waals surface area contributed by atoms with Crippen LogP contribution in [0.25, 0.3) is 21.5 Å². The molecule has 0 fully saturated rings. The van der Waals surface area contributed by atoms with Crippen LogP contribution < -0.4 is 11.2 Å². The Bertz CT molecular complexity index is 1420. The van der Waals surface area contributed by atoms with Gasteiger partial charge < -0.3 is 5.32 Å². The first-order chi connectivity index (χ1) is 15.2. The fourth-order valence-corrected chi connectivity index (χ4v) is 4.75. The van der Waals surface area contributed by atoms with Crippen LogP contribution in [0.4, 0.5) is 5.69 Å². The highest BCUT2D eigenvalue weighted by Gasteiger charge is 2.44. The van der Waals surface area contributed by atoms with Crippen LogP contribution in [0, 0.1) is 0 Å². The lowest BCUT2D eigenvalue weighted by Crippen LogP contribution is -2.53. The molecule has 2 aromatic heterocycles. The van der Waals surface area contributed by atoms with Crippen LogP contribution in [-0.2, 0) is 0 Å². The molecule has 0 spiro atoms. The molecule has 1 unspecified atom stereocenters. The number of nitrogens with two attached hydrogens (primary N) is 1. The van der Waals surface area contributed by atoms with Gasteiger partial charge in [0.15, 0.2) is 0 Å². The highest BCUT2D eigenvalue weighted by molar-refractivity contribution is 7.13. The standard InChI is InChI=1S/C24H19N6S/c1-26-18-13-20(22-6-3-11-31-22)28-19-12-16(7-8-17(18)19)24-29-23(15-4-2-5-15)21-14-27-9-10-30(21,24)25/h2-14H,25H2,1H3,(H,26,28)/q+1. The van der Waals surface area contributed by atoms with E-state index < -0.39 is 0 Å². The molecule has 1 aromatic carbocycles. The van der Waals surface area contributed by atoms with E-state index in [2.05, 4.69) is 46.0 Å². The van der Waals surface area contributed by atoms with Gasteiger partial charge in [0.2, 0.25) is 5.70 Å². The Hall–Kier alpha value is -3.65. The van der Waals surface area contributed by atoms with E-state index in [9.17, 15) is 0 Å². The Morgan fingerprint density at radius 1 is 1.16 bits per heavy atom. The minimum Gasteiger partial charge on any atom is -0.388 e. The van der Waals surface area contributed by atoms with Gasteiger partial charge in [0.1, 0.15) is 11.9 Å². The molecule has 0 amide bonds. The molecule has 31 heavy (non-hydrogen) atoms. The molecule has 6 nitrogen and oxygen atoms in total. The van der Waals surface area contributed by atoms with Gasteiger partial charge in [-0.25, -0.2) is 4.98 Å². The molecule has 3 aromatic rings. The molecule has 1 atom stereocenters. The lowest BCUT2D eigenvalue weighted by Gasteiger charge is -2.26. The van der Waals surface area contributed by atoms with Crippen molar-refractivity contribution in [3.05, 3.63) is 94.9 Å². The maximum absolute atomic E-state index is 6.84. The summed E-state index contributed by atoms with van der Waals surface area (Å²) in [4.78, 5) is 15.3. The molecule has 0 saturated carbocycles. The van der Waals surface area contributed by atoms with E-state index in [4.69, 9.17) is 15.8 Å². The molecule has 7 heteroatoms. The number of hydrogen-bond donors (Lipinski definition) is 2. The van der Waals surface area contributed by atoms with E-state index in [1.807, 2.05) is 37.5 Å². The molecule has 1 aliphatic carbocycles. The SMILES string of the molecule is CNc1cc(-c2cccs2)nc2cc(C3=NC(C4=CC=C4)=C4C=NC=C[N+]34N)ccc12. The summed E-state index contributed by atoms with van der Waals surface area (Å²) in [6.07, 6.45) is 11.5. The van der Waals surface area contributed by atoms with Crippen molar-refractivity contribution in [3.63, 3.8) is 0 Å². The third-order valence-corrected chi connectivity index (χ3v) is 6.62. The number of quaternary nitrogens is 1. The third-order valence-electron chi connectivity index (χ3n) is 5.73. The van der Waals surface area contributed by atoms with Gasteiger partial charge in [-0.05, 0) is 35.7 Å². The number of thiophene rings is 1. The first-order valence-corrected chi connectivity index (χ1v) is 10.8. The van der Waals surface area contributed by atoms with Crippen molar-refractivity contribution in [1.82, 2.24) is 4.98 Å². The van der Waals surface area contributed by atoms with Crippen LogP contribution in [0.2, 0.25) is 0 Å². The molecule has 0 radical (unpaired) electrons. The Labute approximate surface area is 183 Å². The van der Waals surface area contributed by atoms with Crippen molar-refractivity contribution in [2.45, 2.75) is 0 Å². The number of pyridine rings is 1. The molecule has 3 N–H and O–H groups in total. The summed E-state index contributed by atoms with van der Waals surface area (Å²) in [7, 11) is 1.93. The van der Waals surface area contributed by atoms with E-state index in [0.29, 0.717) is 0 Å². The molecule has 0 saturated heterocycles. The van der Waals surface area contributed by atoms with Crippen LogP contribution in [0.1, 0.15) is 5.56 Å². The second kappa shape index (κ2) is 6.68. The largest absolute Gasteiger partial charge is 0.388 e. The van der Waals surface area contributed by atoms with Crippen molar-refractivity contribution < 1.29 is 4.59 Å². The number of aliphatic imine (C=N–C) groups is 2. The van der Waals surface area contributed by atoms with Gasteiger partial charge in [0.05, 0.1) is 34.1 Å². The number of fused-ring (bicyclic) bond motifs is 2. The van der Waals surface area contributed by atoms with Crippen LogP contribution in [-0.4, -0.2) is 28.7 Å². The third kappa shape index (κ3) is 2.68. The highest BCUT2D eigenvalue weighted by Crippen LogP contribution is 2.37. The van der Waals surface area contributed by atoms with E-state index in [0.717, 1.165) is 55.5 Å². The summed E-state index contributed by atoms with van der Waals surface area (Å²) in [5, 5.41) is 6.43. The Morgan fingerprint density at radius 2 is 2.06 bits per heavy atom. The summed E-state index contributed by atoms with van der Waals surface area (Å²) in [5.41, 5.74) is 6.62. The maximum atomic E-state index is 6.84. The number of allylic oxidation sites excluding steroid dienone is 4. The fraction of sp³-hybridized carbons (Fsp3) is 0.0417. The lowest BCUT2D eigenvalue weighted by atomic mass is 10.0. The number of amidine groups is 1. The van der Waals surface area contributed by atoms with Crippen molar-refractivity contribution in [2.24, 2.45) is 15.8 Å². The van der Waals surface area contributed by atoms with Crippen LogP contribution in [0.3, 0.4) is 0 Å². The highest BCUT2D eigenvalue weighted by atomic mass is 32.1. The number of rotatable bonds is 4. The molecular weight excluding hydrogens is 404 g/mol. The minimum atomic E-state index is -0.000972.